The molecule has 0 saturated heterocycles. The second kappa shape index (κ2) is 4.16. The van der Waals surface area contributed by atoms with Gasteiger partial charge in [0.2, 0.25) is 0 Å². The van der Waals surface area contributed by atoms with Gasteiger partial charge in [0.15, 0.2) is 5.65 Å². The van der Waals surface area contributed by atoms with Gasteiger partial charge in [-0.15, -0.1) is 0 Å². The van der Waals surface area contributed by atoms with Crippen LogP contribution in [-0.2, 0) is 13.0 Å². The molecule has 0 bridgehead atoms. The van der Waals surface area contributed by atoms with Gasteiger partial charge in [0, 0.05) is 25.2 Å². The lowest BCUT2D eigenvalue weighted by Crippen LogP contribution is -2.37. The van der Waals surface area contributed by atoms with E-state index in [0.717, 1.165) is 17.8 Å². The quantitative estimate of drug-likeness (QED) is 0.703. The zero-order chi connectivity index (χ0) is 13.5. The van der Waals surface area contributed by atoms with E-state index < -0.39 is 0 Å². The second-order valence-electron chi connectivity index (χ2n) is 4.74. The predicted octanol–water partition coefficient (Wildman–Crippen LogP) is 0.651. The molecule has 100 valence electrons. The summed E-state index contributed by atoms with van der Waals surface area (Å²) in [6.07, 6.45) is 5.73. The first-order valence-corrected chi connectivity index (χ1v) is 6.42. The summed E-state index contributed by atoms with van der Waals surface area (Å²) in [5.41, 5.74) is 3.27. The third-order valence-electron chi connectivity index (χ3n) is 3.57. The van der Waals surface area contributed by atoms with E-state index in [1.54, 1.807) is 40.3 Å². The van der Waals surface area contributed by atoms with Gasteiger partial charge in [-0.25, -0.2) is 14.5 Å². The monoisotopic (exact) mass is 268 g/mol. The van der Waals surface area contributed by atoms with Crippen LogP contribution < -0.4 is 0 Å². The Kier molecular flexibility index (Phi) is 2.32. The van der Waals surface area contributed by atoms with E-state index in [9.17, 15) is 4.79 Å². The molecule has 1 aliphatic heterocycles. The van der Waals surface area contributed by atoms with E-state index in [4.69, 9.17) is 0 Å². The minimum Gasteiger partial charge on any atom is -0.347 e. The van der Waals surface area contributed by atoms with Crippen molar-refractivity contribution < 1.29 is 4.79 Å². The number of fused-ring (bicyclic) bond motifs is 2. The lowest BCUT2D eigenvalue weighted by atomic mass is 10.1. The summed E-state index contributed by atoms with van der Waals surface area (Å²) in [6.45, 7) is 1.22. The SMILES string of the molecule is O=C(c1ccnc2ccnn12)N1CCc2nc[nH]c2C1. The highest BCUT2D eigenvalue weighted by Crippen LogP contribution is 2.17. The van der Waals surface area contributed by atoms with Gasteiger partial charge >= 0.3 is 0 Å². The molecular weight excluding hydrogens is 256 g/mol. The van der Waals surface area contributed by atoms with Crippen LogP contribution in [0.15, 0.2) is 30.9 Å². The fraction of sp³-hybridized carbons (Fsp3) is 0.231. The number of hydrogen-bond donors (Lipinski definition) is 1. The van der Waals surface area contributed by atoms with Gasteiger partial charge in [0.1, 0.15) is 5.69 Å². The van der Waals surface area contributed by atoms with Crippen LogP contribution in [0, 0.1) is 0 Å². The molecule has 0 aromatic carbocycles. The average molecular weight is 268 g/mol. The van der Waals surface area contributed by atoms with E-state index in [0.29, 0.717) is 24.4 Å². The molecule has 0 radical (unpaired) electrons. The maximum atomic E-state index is 12.6. The van der Waals surface area contributed by atoms with E-state index >= 15 is 0 Å². The van der Waals surface area contributed by atoms with Crippen molar-refractivity contribution in [1.29, 1.82) is 0 Å². The largest absolute Gasteiger partial charge is 0.347 e. The summed E-state index contributed by atoms with van der Waals surface area (Å²) in [6, 6.07) is 3.48. The molecule has 0 aliphatic carbocycles. The molecule has 7 heteroatoms. The smallest absolute Gasteiger partial charge is 0.273 e. The number of aromatic amines is 1. The highest BCUT2D eigenvalue weighted by molar-refractivity contribution is 5.93. The van der Waals surface area contributed by atoms with Gasteiger partial charge < -0.3 is 9.88 Å². The molecule has 4 rings (SSSR count). The molecule has 4 heterocycles. The Morgan fingerprint density at radius 3 is 3.15 bits per heavy atom. The first-order chi connectivity index (χ1) is 9.83. The molecule has 0 unspecified atom stereocenters. The van der Waals surface area contributed by atoms with Crippen LogP contribution in [0.4, 0.5) is 0 Å². The van der Waals surface area contributed by atoms with E-state index in [1.165, 1.54) is 0 Å². The highest BCUT2D eigenvalue weighted by Gasteiger charge is 2.24. The van der Waals surface area contributed by atoms with Crippen LogP contribution in [0.2, 0.25) is 0 Å². The molecule has 1 N–H and O–H groups in total. The van der Waals surface area contributed by atoms with Gasteiger partial charge in [0.05, 0.1) is 30.5 Å². The van der Waals surface area contributed by atoms with Crippen LogP contribution in [0.1, 0.15) is 21.9 Å². The number of hydrogen-bond acceptors (Lipinski definition) is 4. The third-order valence-corrected chi connectivity index (χ3v) is 3.57. The minimum atomic E-state index is -0.0404. The van der Waals surface area contributed by atoms with Crippen molar-refractivity contribution in [2.45, 2.75) is 13.0 Å². The number of carbonyl (C=O) groups excluding carboxylic acids is 1. The molecule has 20 heavy (non-hydrogen) atoms. The maximum absolute atomic E-state index is 12.6. The van der Waals surface area contributed by atoms with E-state index in [-0.39, 0.29) is 5.91 Å². The number of imidazole rings is 1. The summed E-state index contributed by atoms with van der Waals surface area (Å²) in [4.78, 5) is 25.9. The molecule has 1 aliphatic rings. The number of rotatable bonds is 1. The summed E-state index contributed by atoms with van der Waals surface area (Å²) >= 11 is 0. The fourth-order valence-corrected chi connectivity index (χ4v) is 2.54. The molecule has 7 nitrogen and oxygen atoms in total. The van der Waals surface area contributed by atoms with Crippen molar-refractivity contribution in [2.75, 3.05) is 6.54 Å². The topological polar surface area (TPSA) is 79.2 Å². The van der Waals surface area contributed by atoms with Crippen molar-refractivity contribution in [2.24, 2.45) is 0 Å². The van der Waals surface area contributed by atoms with E-state index in [2.05, 4.69) is 20.1 Å². The van der Waals surface area contributed by atoms with Crippen molar-refractivity contribution in [3.8, 4) is 0 Å². The number of amides is 1. The van der Waals surface area contributed by atoms with Crippen molar-refractivity contribution >= 4 is 11.6 Å². The van der Waals surface area contributed by atoms with Crippen molar-refractivity contribution in [3.63, 3.8) is 0 Å². The fourth-order valence-electron chi connectivity index (χ4n) is 2.54. The van der Waals surface area contributed by atoms with E-state index in [1.807, 2.05) is 0 Å². The minimum absolute atomic E-state index is 0.0404. The average Bonchev–Trinajstić information content (AvgIpc) is 3.13. The number of nitrogens with zero attached hydrogens (tertiary/aromatic N) is 5. The lowest BCUT2D eigenvalue weighted by molar-refractivity contribution is 0.0723. The second-order valence-corrected chi connectivity index (χ2v) is 4.74. The number of carbonyl (C=O) groups is 1. The number of aromatic nitrogens is 5. The normalized spacial score (nSPS) is 14.5. The Morgan fingerprint density at radius 1 is 1.25 bits per heavy atom. The number of H-pyrrole nitrogens is 1. The van der Waals surface area contributed by atoms with Crippen LogP contribution in [0.3, 0.4) is 0 Å². The summed E-state index contributed by atoms with van der Waals surface area (Å²) < 4.78 is 1.57. The molecule has 1 amide bonds. The first-order valence-electron chi connectivity index (χ1n) is 6.42. The molecule has 3 aromatic heterocycles. The van der Waals surface area contributed by atoms with Gasteiger partial charge in [-0.05, 0) is 6.07 Å². The Labute approximate surface area is 114 Å². The molecule has 0 saturated carbocycles. The Balaban J connectivity index is 1.70. The highest BCUT2D eigenvalue weighted by atomic mass is 16.2. The van der Waals surface area contributed by atoms with Crippen LogP contribution in [0.25, 0.3) is 5.65 Å². The molecular formula is C13H12N6O. The lowest BCUT2D eigenvalue weighted by Gasteiger charge is -2.26. The molecule has 0 spiro atoms. The molecule has 0 atom stereocenters. The predicted molar refractivity (Wildman–Crippen MR) is 70.0 cm³/mol. The third kappa shape index (κ3) is 1.59. The Hall–Kier alpha value is -2.70. The Morgan fingerprint density at radius 2 is 2.20 bits per heavy atom. The van der Waals surface area contributed by atoms with Crippen LogP contribution in [0.5, 0.6) is 0 Å². The van der Waals surface area contributed by atoms with Gasteiger partial charge in [-0.1, -0.05) is 0 Å². The van der Waals surface area contributed by atoms with Crippen molar-refractivity contribution in [1.82, 2.24) is 29.5 Å². The zero-order valence-corrected chi connectivity index (χ0v) is 10.7. The molecule has 0 fully saturated rings. The van der Waals surface area contributed by atoms with Crippen molar-refractivity contribution in [3.05, 3.63) is 47.9 Å². The summed E-state index contributed by atoms with van der Waals surface area (Å²) in [5.74, 6) is -0.0404. The van der Waals surface area contributed by atoms with Crippen LogP contribution in [-0.4, -0.2) is 41.9 Å². The number of nitrogens with one attached hydrogen (secondary N) is 1. The summed E-state index contributed by atoms with van der Waals surface area (Å²) in [7, 11) is 0. The zero-order valence-electron chi connectivity index (χ0n) is 10.7. The maximum Gasteiger partial charge on any atom is 0.273 e. The summed E-state index contributed by atoms with van der Waals surface area (Å²) in [5, 5.41) is 4.16. The first kappa shape index (κ1) is 11.2. The van der Waals surface area contributed by atoms with Crippen LogP contribution >= 0.6 is 0 Å². The van der Waals surface area contributed by atoms with Gasteiger partial charge in [-0.3, -0.25) is 4.79 Å². The standard InChI is InChI=1S/C13H12N6O/c20-13(11-1-4-14-12-2-5-17-19(11)12)18-6-3-9-10(7-18)16-8-15-9/h1-2,4-5,8H,3,6-7H2,(H,15,16). The van der Waals surface area contributed by atoms with Gasteiger partial charge in [-0.2, -0.15) is 5.10 Å². The Bertz CT molecular complexity index is 789. The molecule has 3 aromatic rings. The van der Waals surface area contributed by atoms with Gasteiger partial charge in [0.25, 0.3) is 5.91 Å².